The fourth-order valence-electron chi connectivity index (χ4n) is 0. The summed E-state index contributed by atoms with van der Waals surface area (Å²) in [5, 5.41) is 0. The van der Waals surface area contributed by atoms with Gasteiger partial charge in [-0.3, -0.25) is 0 Å². The molecule has 0 heterocycles. The Kier molecular flexibility index (Phi) is 1.90. The third-order valence-electron chi connectivity index (χ3n) is 0. The molecule has 0 rings (SSSR count). The topological polar surface area (TPSA) is 0 Å². The Morgan fingerprint density at radius 1 is 1.20 bits per heavy atom. The molecule has 0 N–H and O–H groups in total. The molecule has 0 aliphatic rings. The van der Waals surface area contributed by atoms with Gasteiger partial charge in [-0.2, -0.15) is 0 Å². The Morgan fingerprint density at radius 3 is 1.20 bits per heavy atom. The van der Waals surface area contributed by atoms with E-state index >= 15 is 0 Å². The zero-order valence-corrected chi connectivity index (χ0v) is 4.40. The second-order valence-electron chi connectivity index (χ2n) is 0.286. The van der Waals surface area contributed by atoms with Gasteiger partial charge in [0, 0.05) is 0 Å². The second kappa shape index (κ2) is 1.60. The molecule has 0 aliphatic heterocycles. The summed E-state index contributed by atoms with van der Waals surface area (Å²) in [6.45, 7) is 0. The van der Waals surface area contributed by atoms with E-state index in [2.05, 4.69) is 20.3 Å². The fraction of sp³-hybridized carbons (Fsp3) is 0. The van der Waals surface area contributed by atoms with E-state index in [1.54, 1.807) is 0 Å². The van der Waals surface area contributed by atoms with Crippen molar-refractivity contribution in [2.75, 3.05) is 0 Å². The quantitative estimate of drug-likeness (QED) is 0.519. The van der Waals surface area contributed by atoms with Crippen LogP contribution in [-0.2, 0) is 11.7 Å². The summed E-state index contributed by atoms with van der Waals surface area (Å²) >= 11 is -4.43. The summed E-state index contributed by atoms with van der Waals surface area (Å²) in [5.41, 5.74) is 0. The van der Waals surface area contributed by atoms with E-state index in [9.17, 15) is 7.16 Å². The first-order chi connectivity index (χ1) is 2.00. The third-order valence-corrected chi connectivity index (χ3v) is 0. The zero-order chi connectivity index (χ0) is 4.50. The van der Waals surface area contributed by atoms with Crippen LogP contribution in [0.5, 0.6) is 0 Å². The molecule has 0 saturated carbocycles. The molecule has 0 aromatic heterocycles. The summed E-state index contributed by atoms with van der Waals surface area (Å²) in [7, 11) is 8.14. The van der Waals surface area contributed by atoms with Gasteiger partial charge < -0.3 is 0 Å². The molecule has 0 fully saturated rings. The van der Waals surface area contributed by atoms with Crippen molar-refractivity contribution in [3.8, 4) is 0 Å². The molecular weight excluding hydrogens is 168 g/mol. The van der Waals surface area contributed by atoms with Crippen LogP contribution in [-0.4, -0.2) is 0 Å². The molecule has 0 aromatic carbocycles. The van der Waals surface area contributed by atoms with Crippen LogP contribution in [0.1, 0.15) is 0 Å². The van der Waals surface area contributed by atoms with Crippen LogP contribution in [0.3, 0.4) is 0 Å². The van der Waals surface area contributed by atoms with Gasteiger partial charge >= 0.3 is 39.2 Å². The number of hydrogen-bond acceptors (Lipinski definition) is 0. The Hall–Kier alpha value is 0.946. The van der Waals surface area contributed by atoms with Gasteiger partial charge in [0.15, 0.2) is 0 Å². The molecular formula is Cl2CoF2-2. The summed E-state index contributed by atoms with van der Waals surface area (Å²) < 4.78 is 21.3. The molecule has 0 amide bonds. The van der Waals surface area contributed by atoms with Gasteiger partial charge in [0.1, 0.15) is 0 Å². The molecule has 0 unspecified atom stereocenters. The van der Waals surface area contributed by atoms with Crippen LogP contribution < -0.4 is 0 Å². The van der Waals surface area contributed by atoms with E-state index in [-0.39, 0.29) is 0 Å². The van der Waals surface area contributed by atoms with Crippen molar-refractivity contribution >= 4 is 20.3 Å². The van der Waals surface area contributed by atoms with E-state index < -0.39 is 11.7 Å². The maximum atomic E-state index is 10.7. The van der Waals surface area contributed by atoms with Crippen LogP contribution in [0.4, 0.5) is 7.16 Å². The van der Waals surface area contributed by atoms with Crippen LogP contribution in [0.25, 0.3) is 0 Å². The number of hydrogen-bond donors (Lipinski definition) is 0. The molecule has 5 heavy (non-hydrogen) atoms. The predicted molar refractivity (Wildman–Crippen MR) is 13.9 cm³/mol. The van der Waals surface area contributed by atoms with Gasteiger partial charge in [0.25, 0.3) is 0 Å². The Labute approximate surface area is 39.6 Å². The molecule has 39 valence electrons. The Bertz CT molecular complexity index is 23.1. The second-order valence-corrected chi connectivity index (χ2v) is 4.32. The van der Waals surface area contributed by atoms with Crippen molar-refractivity contribution in [3.05, 3.63) is 0 Å². The molecule has 0 saturated heterocycles. The van der Waals surface area contributed by atoms with Gasteiger partial charge in [0.05, 0.1) is 0 Å². The molecule has 0 radical (unpaired) electrons. The average molecular weight is 168 g/mol. The molecule has 0 nitrogen and oxygen atoms in total. The summed E-state index contributed by atoms with van der Waals surface area (Å²) in [6, 6.07) is 0. The van der Waals surface area contributed by atoms with Crippen molar-refractivity contribution in [1.82, 2.24) is 0 Å². The van der Waals surface area contributed by atoms with E-state index in [0.29, 0.717) is 0 Å². The molecule has 0 spiro atoms. The minimum absolute atomic E-state index is 4.07. The van der Waals surface area contributed by atoms with Gasteiger partial charge in [-0.05, 0) is 0 Å². The van der Waals surface area contributed by atoms with Gasteiger partial charge in [-0.25, -0.2) is 0 Å². The van der Waals surface area contributed by atoms with Crippen molar-refractivity contribution in [2.45, 2.75) is 0 Å². The molecule has 0 atom stereocenters. The Balaban J connectivity index is 3.02. The van der Waals surface area contributed by atoms with Crippen LogP contribution in [0.15, 0.2) is 0 Å². The third kappa shape index (κ3) is 47.9. The van der Waals surface area contributed by atoms with Crippen molar-refractivity contribution < 1.29 is 18.9 Å². The van der Waals surface area contributed by atoms with Crippen molar-refractivity contribution in [1.29, 1.82) is 0 Å². The van der Waals surface area contributed by atoms with Crippen LogP contribution >= 0.6 is 20.3 Å². The maximum absolute atomic E-state index is 10.7. The fourth-order valence-corrected chi connectivity index (χ4v) is 0. The van der Waals surface area contributed by atoms with E-state index in [0.717, 1.165) is 0 Å². The molecule has 0 bridgehead atoms. The normalized spacial score (nSPS) is 15.2. The minimum atomic E-state index is -4.43. The molecule has 0 aromatic rings. The zero-order valence-electron chi connectivity index (χ0n) is 1.85. The number of halogens is 4. The van der Waals surface area contributed by atoms with Gasteiger partial charge in [0.2, 0.25) is 0 Å². The molecule has 0 aliphatic carbocycles. The SMILES string of the molecule is [F][Co-2]([F])([Cl])[Cl]. The van der Waals surface area contributed by atoms with Crippen LogP contribution in [0, 0.1) is 0 Å². The monoisotopic (exact) mass is 167 g/mol. The Morgan fingerprint density at radius 2 is 1.20 bits per heavy atom. The first-order valence-corrected chi connectivity index (χ1v) is 4.16. The standard InChI is InChI=1S/2ClH.Co.2FH/h2*1H;;2*1H/q;;+2;;/p-4. The summed E-state index contributed by atoms with van der Waals surface area (Å²) in [5.74, 6) is 0. The van der Waals surface area contributed by atoms with Gasteiger partial charge in [-0.1, -0.05) is 0 Å². The predicted octanol–water partition coefficient (Wildman–Crippen LogP) is 2.22. The molecule has 5 heteroatoms. The number of rotatable bonds is 0. The first kappa shape index (κ1) is 5.95. The summed E-state index contributed by atoms with van der Waals surface area (Å²) in [6.07, 6.45) is 0. The van der Waals surface area contributed by atoms with E-state index in [1.165, 1.54) is 0 Å². The van der Waals surface area contributed by atoms with E-state index in [4.69, 9.17) is 0 Å². The van der Waals surface area contributed by atoms with Gasteiger partial charge in [-0.15, -0.1) is 0 Å². The van der Waals surface area contributed by atoms with E-state index in [1.807, 2.05) is 0 Å². The van der Waals surface area contributed by atoms with Crippen LogP contribution in [0.2, 0.25) is 0 Å². The van der Waals surface area contributed by atoms with Crippen molar-refractivity contribution in [2.24, 2.45) is 0 Å². The van der Waals surface area contributed by atoms with Crippen molar-refractivity contribution in [3.63, 3.8) is 0 Å². The first-order valence-electron chi connectivity index (χ1n) is 0.504. The average Bonchev–Trinajstić information content (AvgIpc) is 0.722. The summed E-state index contributed by atoms with van der Waals surface area (Å²) in [4.78, 5) is 0.